The highest BCUT2D eigenvalue weighted by atomic mass is 19.4. The van der Waals surface area contributed by atoms with E-state index in [0.717, 1.165) is 31.3 Å². The third-order valence-electron chi connectivity index (χ3n) is 8.69. The van der Waals surface area contributed by atoms with Crippen LogP contribution in [0.5, 0.6) is 0 Å². The molecule has 2 saturated heterocycles. The molecule has 2 aliphatic rings. The Kier molecular flexibility index (Phi) is 10.8. The summed E-state index contributed by atoms with van der Waals surface area (Å²) in [5, 5.41) is 10.5. The number of nitrogens with zero attached hydrogens (tertiary/aromatic N) is 2. The summed E-state index contributed by atoms with van der Waals surface area (Å²) in [5.74, 6) is -2.12. The summed E-state index contributed by atoms with van der Waals surface area (Å²) in [7, 11) is 0. The highest BCUT2D eigenvalue weighted by molar-refractivity contribution is 6.06. The average molecular weight is 665 g/mol. The molecule has 0 aliphatic carbocycles. The minimum Gasteiger partial charge on any atom is -0.342 e. The Morgan fingerprint density at radius 3 is 2.21 bits per heavy atom. The fourth-order valence-corrected chi connectivity index (χ4v) is 5.86. The lowest BCUT2D eigenvalue weighted by molar-refractivity contribution is -0.138. The maximum atomic E-state index is 14.1. The molecule has 0 aromatic heterocycles. The van der Waals surface area contributed by atoms with Gasteiger partial charge in [-0.3, -0.25) is 24.1 Å². The molecular formula is C35H39F3N6O4. The van der Waals surface area contributed by atoms with Crippen LogP contribution in [0.4, 0.5) is 24.5 Å². The van der Waals surface area contributed by atoms with Crippen molar-refractivity contribution in [2.24, 2.45) is 0 Å². The molecule has 10 nitrogen and oxygen atoms in total. The molecule has 0 radical (unpaired) electrons. The maximum absolute atomic E-state index is 14.1. The van der Waals surface area contributed by atoms with E-state index in [-0.39, 0.29) is 35.5 Å². The van der Waals surface area contributed by atoms with Gasteiger partial charge in [-0.2, -0.15) is 13.2 Å². The molecule has 4 N–H and O–H groups in total. The first-order valence-corrected chi connectivity index (χ1v) is 15.9. The van der Waals surface area contributed by atoms with Crippen LogP contribution in [0.1, 0.15) is 46.0 Å². The third kappa shape index (κ3) is 8.78. The summed E-state index contributed by atoms with van der Waals surface area (Å²) in [6.07, 6.45) is -4.64. The van der Waals surface area contributed by atoms with E-state index in [1.807, 2.05) is 35.2 Å². The number of alkyl halides is 3. The molecular weight excluding hydrogens is 625 g/mol. The predicted octanol–water partition coefficient (Wildman–Crippen LogP) is 3.96. The van der Waals surface area contributed by atoms with Crippen molar-refractivity contribution in [2.45, 2.75) is 51.5 Å². The first kappa shape index (κ1) is 34.6. The molecule has 5 rings (SSSR count). The molecule has 0 unspecified atom stereocenters. The van der Waals surface area contributed by atoms with Crippen LogP contribution < -0.4 is 21.3 Å². The van der Waals surface area contributed by atoms with Crippen molar-refractivity contribution in [3.05, 3.63) is 94.5 Å². The van der Waals surface area contributed by atoms with E-state index in [1.165, 1.54) is 24.3 Å². The Hall–Kier alpha value is -4.75. The molecule has 3 aromatic carbocycles. The van der Waals surface area contributed by atoms with Crippen molar-refractivity contribution in [1.82, 2.24) is 20.4 Å². The maximum Gasteiger partial charge on any atom is 0.416 e. The van der Waals surface area contributed by atoms with Gasteiger partial charge in [-0.1, -0.05) is 49.4 Å². The van der Waals surface area contributed by atoms with Crippen LogP contribution in [-0.4, -0.2) is 78.2 Å². The Bertz CT molecular complexity index is 1660. The monoisotopic (exact) mass is 664 g/mol. The van der Waals surface area contributed by atoms with Crippen LogP contribution in [-0.2, 0) is 33.5 Å². The minimum absolute atomic E-state index is 0.0114. The lowest BCUT2D eigenvalue weighted by Crippen LogP contribution is -2.62. The Balaban J connectivity index is 1.20. The molecule has 13 heteroatoms. The van der Waals surface area contributed by atoms with Gasteiger partial charge in [0.2, 0.25) is 17.7 Å². The van der Waals surface area contributed by atoms with E-state index >= 15 is 0 Å². The van der Waals surface area contributed by atoms with Gasteiger partial charge in [-0.05, 0) is 54.4 Å². The van der Waals surface area contributed by atoms with E-state index in [4.69, 9.17) is 0 Å². The van der Waals surface area contributed by atoms with E-state index in [0.29, 0.717) is 25.1 Å². The zero-order valence-electron chi connectivity index (χ0n) is 26.8. The van der Waals surface area contributed by atoms with Crippen molar-refractivity contribution in [3.63, 3.8) is 0 Å². The molecule has 2 heterocycles. The number of aryl methyl sites for hydroxylation is 1. The molecule has 3 aromatic rings. The standard InChI is InChI=1S/C35H39F3N6O4/c1-3-43-13-15-44(16-14-43)21-25-11-12-26(19-27(25)35(36,37)38)39-32(46)24-10-9-22(2)28(18-24)40-31(45)20-30-34(48)41-29(33(47)42-30)17-23-7-5-4-6-8-23/h4-12,18-19,29-30H,3,13-17,20-21H2,1-2H3,(H,39,46)(H,40,45)(H,41,48)(H,42,47)/t29-,30-/m0/s1. The lowest BCUT2D eigenvalue weighted by atomic mass is 10.0. The van der Waals surface area contributed by atoms with Gasteiger partial charge >= 0.3 is 6.18 Å². The van der Waals surface area contributed by atoms with Crippen molar-refractivity contribution in [2.75, 3.05) is 43.4 Å². The molecule has 2 fully saturated rings. The number of amides is 4. The second kappa shape index (κ2) is 15.0. The summed E-state index contributed by atoms with van der Waals surface area (Å²) < 4.78 is 42.2. The summed E-state index contributed by atoms with van der Waals surface area (Å²) in [5.41, 5.74) is 1.20. The Morgan fingerprint density at radius 1 is 0.854 bits per heavy atom. The second-order valence-corrected chi connectivity index (χ2v) is 12.1. The Morgan fingerprint density at radius 2 is 1.52 bits per heavy atom. The van der Waals surface area contributed by atoms with Gasteiger partial charge in [0.1, 0.15) is 12.1 Å². The lowest BCUT2D eigenvalue weighted by Gasteiger charge is -2.34. The van der Waals surface area contributed by atoms with Crippen LogP contribution in [0.2, 0.25) is 0 Å². The van der Waals surface area contributed by atoms with E-state index < -0.39 is 47.5 Å². The van der Waals surface area contributed by atoms with Gasteiger partial charge in [0.05, 0.1) is 12.0 Å². The topological polar surface area (TPSA) is 123 Å². The van der Waals surface area contributed by atoms with Crippen molar-refractivity contribution < 1.29 is 32.3 Å². The Labute approximate surface area is 277 Å². The number of piperazine rings is 2. The molecule has 2 atom stereocenters. The van der Waals surface area contributed by atoms with Gasteiger partial charge in [0, 0.05) is 56.1 Å². The zero-order valence-corrected chi connectivity index (χ0v) is 26.8. The van der Waals surface area contributed by atoms with E-state index in [9.17, 15) is 32.3 Å². The number of hydrogen-bond donors (Lipinski definition) is 4. The summed E-state index contributed by atoms with van der Waals surface area (Å²) in [6, 6.07) is 15.7. The number of anilines is 2. The number of halogens is 3. The number of benzene rings is 3. The summed E-state index contributed by atoms with van der Waals surface area (Å²) in [6.45, 7) is 7.77. The number of nitrogens with one attached hydrogen (secondary N) is 4. The largest absolute Gasteiger partial charge is 0.416 e. The van der Waals surface area contributed by atoms with Crippen LogP contribution >= 0.6 is 0 Å². The zero-order chi connectivity index (χ0) is 34.4. The molecule has 254 valence electrons. The molecule has 48 heavy (non-hydrogen) atoms. The number of carbonyl (C=O) groups is 4. The van der Waals surface area contributed by atoms with Gasteiger partial charge in [0.25, 0.3) is 5.91 Å². The molecule has 0 spiro atoms. The highest BCUT2D eigenvalue weighted by Gasteiger charge is 2.36. The first-order valence-electron chi connectivity index (χ1n) is 15.9. The predicted molar refractivity (Wildman–Crippen MR) is 175 cm³/mol. The summed E-state index contributed by atoms with van der Waals surface area (Å²) in [4.78, 5) is 55.6. The van der Waals surface area contributed by atoms with E-state index in [2.05, 4.69) is 33.1 Å². The third-order valence-corrected chi connectivity index (χ3v) is 8.69. The van der Waals surface area contributed by atoms with Crippen LogP contribution in [0, 0.1) is 6.92 Å². The normalized spacial score (nSPS) is 18.9. The number of carbonyl (C=O) groups excluding carboxylic acids is 4. The summed E-state index contributed by atoms with van der Waals surface area (Å²) >= 11 is 0. The second-order valence-electron chi connectivity index (χ2n) is 12.1. The van der Waals surface area contributed by atoms with Crippen molar-refractivity contribution in [3.8, 4) is 0 Å². The van der Waals surface area contributed by atoms with Crippen LogP contribution in [0.3, 0.4) is 0 Å². The molecule has 0 saturated carbocycles. The fraction of sp³-hybridized carbons (Fsp3) is 0.371. The first-order chi connectivity index (χ1) is 22.9. The number of rotatable bonds is 10. The minimum atomic E-state index is -4.61. The van der Waals surface area contributed by atoms with Gasteiger partial charge in [-0.25, -0.2) is 0 Å². The van der Waals surface area contributed by atoms with Crippen LogP contribution in [0.25, 0.3) is 0 Å². The van der Waals surface area contributed by atoms with Crippen LogP contribution in [0.15, 0.2) is 66.7 Å². The molecule has 4 amide bonds. The average Bonchev–Trinajstić information content (AvgIpc) is 3.05. The number of hydrogen-bond acceptors (Lipinski definition) is 6. The van der Waals surface area contributed by atoms with Gasteiger partial charge in [0.15, 0.2) is 0 Å². The smallest absolute Gasteiger partial charge is 0.342 e. The highest BCUT2D eigenvalue weighted by Crippen LogP contribution is 2.35. The van der Waals surface area contributed by atoms with Gasteiger partial charge in [-0.15, -0.1) is 0 Å². The SMILES string of the molecule is CCN1CCN(Cc2ccc(NC(=O)c3ccc(C)c(NC(=O)C[C@@H]4NC(=O)[C@H](Cc5ccccc5)NC4=O)c3)cc2C(F)(F)F)CC1. The van der Waals surface area contributed by atoms with E-state index in [1.54, 1.807) is 13.0 Å². The quantitative estimate of drug-likeness (QED) is 0.261. The van der Waals surface area contributed by atoms with Crippen molar-refractivity contribution >= 4 is 35.0 Å². The van der Waals surface area contributed by atoms with Crippen molar-refractivity contribution in [1.29, 1.82) is 0 Å². The van der Waals surface area contributed by atoms with Gasteiger partial charge < -0.3 is 26.2 Å². The number of likely N-dealkylation sites (N-methyl/N-ethyl adjacent to an activating group) is 1. The molecule has 0 bridgehead atoms. The molecule has 2 aliphatic heterocycles. The fourth-order valence-electron chi connectivity index (χ4n) is 5.86.